The lowest BCUT2D eigenvalue weighted by Gasteiger charge is -2.12. The van der Waals surface area contributed by atoms with Gasteiger partial charge in [-0.25, -0.2) is 15.8 Å². The van der Waals surface area contributed by atoms with Crippen molar-refractivity contribution in [3.8, 4) is 0 Å². The van der Waals surface area contributed by atoms with Crippen molar-refractivity contribution in [3.05, 3.63) is 29.3 Å². The van der Waals surface area contributed by atoms with Crippen molar-refractivity contribution in [2.75, 3.05) is 17.3 Å². The Bertz CT molecular complexity index is 576. The number of hydrogen-bond acceptors (Lipinski definition) is 6. The minimum atomic E-state index is 0.667. The van der Waals surface area contributed by atoms with Gasteiger partial charge in [-0.2, -0.15) is 5.10 Å². The third-order valence-electron chi connectivity index (χ3n) is 3.11. The van der Waals surface area contributed by atoms with Gasteiger partial charge in [0.1, 0.15) is 17.5 Å². The monoisotopic (exact) mass is 275 g/mol. The van der Waals surface area contributed by atoms with E-state index in [1.807, 2.05) is 33.3 Å². The molecule has 0 aliphatic heterocycles. The van der Waals surface area contributed by atoms with E-state index in [1.54, 1.807) is 4.68 Å². The Morgan fingerprint density at radius 2 is 2.05 bits per heavy atom. The van der Waals surface area contributed by atoms with E-state index < -0.39 is 0 Å². The van der Waals surface area contributed by atoms with Crippen LogP contribution in [-0.4, -0.2) is 26.3 Å². The zero-order chi connectivity index (χ0) is 14.5. The predicted molar refractivity (Wildman–Crippen MR) is 79.4 cm³/mol. The molecule has 2 aromatic heterocycles. The summed E-state index contributed by atoms with van der Waals surface area (Å²) >= 11 is 0. The van der Waals surface area contributed by atoms with Crippen LogP contribution in [0.1, 0.15) is 23.9 Å². The molecule has 0 spiro atoms. The molecule has 0 atom stereocenters. The smallest absolute Gasteiger partial charge is 0.148 e. The normalized spacial score (nSPS) is 10.6. The second-order valence-electron chi connectivity index (χ2n) is 4.66. The molecular formula is C13H21N7. The molecule has 2 heterocycles. The Kier molecular flexibility index (Phi) is 4.52. The molecule has 0 aromatic carbocycles. The number of aryl methyl sites for hydroxylation is 2. The predicted octanol–water partition coefficient (Wildman–Crippen LogP) is 1.02. The minimum absolute atomic E-state index is 0.667. The topological polar surface area (TPSA) is 93.7 Å². The van der Waals surface area contributed by atoms with Gasteiger partial charge in [0.05, 0.1) is 6.20 Å². The molecule has 0 radical (unpaired) electrons. The molecule has 0 amide bonds. The fourth-order valence-corrected chi connectivity index (χ4v) is 1.96. The molecule has 4 N–H and O–H groups in total. The van der Waals surface area contributed by atoms with Crippen LogP contribution in [0.2, 0.25) is 0 Å². The van der Waals surface area contributed by atoms with Crippen LogP contribution in [0.4, 0.5) is 11.6 Å². The summed E-state index contributed by atoms with van der Waals surface area (Å²) in [5, 5.41) is 7.49. The summed E-state index contributed by atoms with van der Waals surface area (Å²) in [6, 6.07) is 0. The molecule has 0 saturated carbocycles. The van der Waals surface area contributed by atoms with Gasteiger partial charge in [0.2, 0.25) is 0 Å². The Labute approximate surface area is 118 Å². The standard InChI is InChI=1S/C13H21N7/c1-4-11-17-12(9(2)13(18-11)19-14)15-6-5-10-7-16-20(3)8-10/h7-8H,4-6,14H2,1-3H3,(H2,15,17,18,19). The van der Waals surface area contributed by atoms with Gasteiger partial charge in [0, 0.05) is 31.8 Å². The molecule has 7 heteroatoms. The summed E-state index contributed by atoms with van der Waals surface area (Å²) in [5.41, 5.74) is 4.74. The minimum Gasteiger partial charge on any atom is -0.369 e. The number of aromatic nitrogens is 4. The maximum Gasteiger partial charge on any atom is 0.148 e. The fourth-order valence-electron chi connectivity index (χ4n) is 1.96. The van der Waals surface area contributed by atoms with E-state index in [2.05, 4.69) is 25.8 Å². The highest BCUT2D eigenvalue weighted by atomic mass is 15.3. The molecule has 2 rings (SSSR count). The van der Waals surface area contributed by atoms with Crippen LogP contribution in [0.5, 0.6) is 0 Å². The highest BCUT2D eigenvalue weighted by Gasteiger charge is 2.09. The number of anilines is 2. The summed E-state index contributed by atoms with van der Waals surface area (Å²) in [5.74, 6) is 7.75. The summed E-state index contributed by atoms with van der Waals surface area (Å²) in [4.78, 5) is 8.84. The first kappa shape index (κ1) is 14.3. The molecule has 0 fully saturated rings. The number of hydrazine groups is 1. The Hall–Kier alpha value is -2.15. The molecule has 0 unspecified atom stereocenters. The number of nitrogens with two attached hydrogens (primary N) is 1. The van der Waals surface area contributed by atoms with Crippen molar-refractivity contribution < 1.29 is 0 Å². The lowest BCUT2D eigenvalue weighted by atomic mass is 10.2. The molecule has 0 saturated heterocycles. The molecule has 0 aliphatic rings. The van der Waals surface area contributed by atoms with Crippen LogP contribution >= 0.6 is 0 Å². The van der Waals surface area contributed by atoms with Gasteiger partial charge in [-0.3, -0.25) is 4.68 Å². The van der Waals surface area contributed by atoms with Crippen LogP contribution in [0, 0.1) is 6.92 Å². The van der Waals surface area contributed by atoms with Crippen molar-refractivity contribution in [1.29, 1.82) is 0 Å². The van der Waals surface area contributed by atoms with E-state index in [9.17, 15) is 0 Å². The summed E-state index contributed by atoms with van der Waals surface area (Å²) < 4.78 is 1.80. The number of nitrogen functional groups attached to an aromatic ring is 1. The van der Waals surface area contributed by atoms with Gasteiger partial charge >= 0.3 is 0 Å². The second-order valence-corrected chi connectivity index (χ2v) is 4.66. The first-order chi connectivity index (χ1) is 9.63. The number of rotatable bonds is 6. The lowest BCUT2D eigenvalue weighted by molar-refractivity contribution is 0.766. The zero-order valence-electron chi connectivity index (χ0n) is 12.1. The summed E-state index contributed by atoms with van der Waals surface area (Å²) in [6.07, 6.45) is 5.55. The number of hydrogen-bond donors (Lipinski definition) is 3. The molecule has 108 valence electrons. The van der Waals surface area contributed by atoms with Crippen molar-refractivity contribution in [1.82, 2.24) is 19.7 Å². The highest BCUT2D eigenvalue weighted by molar-refractivity contribution is 5.56. The number of nitrogens with one attached hydrogen (secondary N) is 2. The van der Waals surface area contributed by atoms with Gasteiger partial charge in [0.25, 0.3) is 0 Å². The average molecular weight is 275 g/mol. The van der Waals surface area contributed by atoms with E-state index in [4.69, 9.17) is 5.84 Å². The van der Waals surface area contributed by atoms with E-state index in [0.29, 0.717) is 5.82 Å². The van der Waals surface area contributed by atoms with E-state index in [1.165, 1.54) is 5.56 Å². The second kappa shape index (κ2) is 6.33. The van der Waals surface area contributed by atoms with Crippen LogP contribution in [0.15, 0.2) is 12.4 Å². The van der Waals surface area contributed by atoms with Crippen molar-refractivity contribution in [2.24, 2.45) is 12.9 Å². The molecule has 20 heavy (non-hydrogen) atoms. The van der Waals surface area contributed by atoms with Gasteiger partial charge < -0.3 is 10.7 Å². The van der Waals surface area contributed by atoms with Gasteiger partial charge in [-0.05, 0) is 18.9 Å². The SMILES string of the molecule is CCc1nc(NN)c(C)c(NCCc2cnn(C)c2)n1. The largest absolute Gasteiger partial charge is 0.369 e. The fraction of sp³-hybridized carbons (Fsp3) is 0.462. The molecule has 0 bridgehead atoms. The first-order valence-corrected chi connectivity index (χ1v) is 6.69. The van der Waals surface area contributed by atoms with E-state index >= 15 is 0 Å². The molecule has 2 aromatic rings. The Balaban J connectivity index is 2.04. The average Bonchev–Trinajstić information content (AvgIpc) is 2.86. The first-order valence-electron chi connectivity index (χ1n) is 6.69. The number of nitrogens with zero attached hydrogens (tertiary/aromatic N) is 4. The van der Waals surface area contributed by atoms with Crippen LogP contribution in [0.3, 0.4) is 0 Å². The molecule has 0 aliphatic carbocycles. The maximum atomic E-state index is 5.49. The van der Waals surface area contributed by atoms with Crippen molar-refractivity contribution in [2.45, 2.75) is 26.7 Å². The van der Waals surface area contributed by atoms with Gasteiger partial charge in [-0.1, -0.05) is 6.92 Å². The van der Waals surface area contributed by atoms with Crippen LogP contribution in [0.25, 0.3) is 0 Å². The molecule has 7 nitrogen and oxygen atoms in total. The third-order valence-corrected chi connectivity index (χ3v) is 3.11. The third kappa shape index (κ3) is 3.24. The van der Waals surface area contributed by atoms with Gasteiger partial charge in [-0.15, -0.1) is 0 Å². The maximum absolute atomic E-state index is 5.49. The molecular weight excluding hydrogens is 254 g/mol. The highest BCUT2D eigenvalue weighted by Crippen LogP contribution is 2.19. The van der Waals surface area contributed by atoms with E-state index in [-0.39, 0.29) is 0 Å². The quantitative estimate of drug-likeness (QED) is 0.538. The van der Waals surface area contributed by atoms with Crippen LogP contribution < -0.4 is 16.6 Å². The van der Waals surface area contributed by atoms with Crippen LogP contribution in [-0.2, 0) is 19.9 Å². The van der Waals surface area contributed by atoms with Gasteiger partial charge in [0.15, 0.2) is 0 Å². The summed E-state index contributed by atoms with van der Waals surface area (Å²) in [7, 11) is 1.91. The van der Waals surface area contributed by atoms with Crippen molar-refractivity contribution >= 4 is 11.6 Å². The lowest BCUT2D eigenvalue weighted by Crippen LogP contribution is -2.15. The van der Waals surface area contributed by atoms with Crippen molar-refractivity contribution in [3.63, 3.8) is 0 Å². The summed E-state index contributed by atoms with van der Waals surface area (Å²) in [6.45, 7) is 4.75. The Morgan fingerprint density at radius 3 is 2.65 bits per heavy atom. The van der Waals surface area contributed by atoms with E-state index in [0.717, 1.165) is 36.6 Å². The zero-order valence-corrected chi connectivity index (χ0v) is 12.1. The Morgan fingerprint density at radius 1 is 1.30 bits per heavy atom.